The molecule has 0 radical (unpaired) electrons. The summed E-state index contributed by atoms with van der Waals surface area (Å²) in [5, 5.41) is 5.31. The van der Waals surface area contributed by atoms with Crippen LogP contribution in [0.15, 0.2) is 61.2 Å². The van der Waals surface area contributed by atoms with Crippen molar-refractivity contribution < 1.29 is 22.7 Å². The van der Waals surface area contributed by atoms with Crippen molar-refractivity contribution in [3.63, 3.8) is 0 Å². The predicted molar refractivity (Wildman–Crippen MR) is 90.7 cm³/mol. The van der Waals surface area contributed by atoms with Crippen LogP contribution >= 0.6 is 0 Å². The molecule has 0 aliphatic carbocycles. The Labute approximate surface area is 143 Å². The van der Waals surface area contributed by atoms with E-state index < -0.39 is 11.7 Å². The number of alkyl halides is 3. The van der Waals surface area contributed by atoms with Gasteiger partial charge in [0.25, 0.3) is 0 Å². The highest BCUT2D eigenvalue weighted by Gasteiger charge is 2.30. The molecule has 0 aromatic heterocycles. The van der Waals surface area contributed by atoms with Gasteiger partial charge in [-0.15, -0.1) is 0 Å². The van der Waals surface area contributed by atoms with Crippen LogP contribution < -0.4 is 15.4 Å². The highest BCUT2D eigenvalue weighted by Crippen LogP contribution is 2.30. The summed E-state index contributed by atoms with van der Waals surface area (Å²) in [6.07, 6.45) is -2.80. The number of carbonyl (C=O) groups excluding carboxylic acids is 1. The lowest BCUT2D eigenvalue weighted by Gasteiger charge is -2.11. The van der Waals surface area contributed by atoms with Crippen molar-refractivity contribution in [3.8, 4) is 5.75 Å². The zero-order valence-electron chi connectivity index (χ0n) is 13.3. The molecule has 7 heteroatoms. The van der Waals surface area contributed by atoms with E-state index in [1.807, 2.05) is 0 Å². The molecule has 2 N–H and O–H groups in total. The Balaban J connectivity index is 1.87. The molecule has 0 heterocycles. The SMILES string of the molecule is C=CCOc1ccc(NC(=O)CNc2cccc(C(F)(F)F)c2)cc1. The molecule has 0 bridgehead atoms. The minimum atomic E-state index is -4.42. The number of carbonyl (C=O) groups is 1. The van der Waals surface area contributed by atoms with E-state index in [9.17, 15) is 18.0 Å². The predicted octanol–water partition coefficient (Wildman–Crippen LogP) is 4.32. The second-order valence-corrected chi connectivity index (χ2v) is 5.10. The largest absolute Gasteiger partial charge is 0.490 e. The van der Waals surface area contributed by atoms with Crippen LogP contribution in [-0.4, -0.2) is 19.1 Å². The summed E-state index contributed by atoms with van der Waals surface area (Å²) in [6, 6.07) is 11.4. The first kappa shape index (κ1) is 18.4. The molecule has 4 nitrogen and oxygen atoms in total. The highest BCUT2D eigenvalue weighted by atomic mass is 19.4. The van der Waals surface area contributed by atoms with Gasteiger partial charge < -0.3 is 15.4 Å². The summed E-state index contributed by atoms with van der Waals surface area (Å²) in [5.41, 5.74) is 0.00737. The lowest BCUT2D eigenvalue weighted by atomic mass is 10.2. The van der Waals surface area contributed by atoms with Gasteiger partial charge in [-0.25, -0.2) is 0 Å². The maximum atomic E-state index is 12.6. The smallest absolute Gasteiger partial charge is 0.416 e. The van der Waals surface area contributed by atoms with Crippen molar-refractivity contribution in [2.75, 3.05) is 23.8 Å². The minimum Gasteiger partial charge on any atom is -0.490 e. The van der Waals surface area contributed by atoms with E-state index >= 15 is 0 Å². The number of hydrogen-bond acceptors (Lipinski definition) is 3. The quantitative estimate of drug-likeness (QED) is 0.731. The Kier molecular flexibility index (Phi) is 6.05. The van der Waals surface area contributed by atoms with E-state index in [-0.39, 0.29) is 18.1 Å². The normalized spacial score (nSPS) is 10.8. The van der Waals surface area contributed by atoms with E-state index in [2.05, 4.69) is 17.2 Å². The van der Waals surface area contributed by atoms with Crippen LogP contribution in [0.3, 0.4) is 0 Å². The van der Waals surface area contributed by atoms with Crippen molar-refractivity contribution in [2.45, 2.75) is 6.18 Å². The first-order chi connectivity index (χ1) is 11.9. The van der Waals surface area contributed by atoms with Crippen LogP contribution in [0.5, 0.6) is 5.75 Å². The van der Waals surface area contributed by atoms with E-state index in [0.717, 1.165) is 12.1 Å². The van der Waals surface area contributed by atoms with Gasteiger partial charge in [-0.1, -0.05) is 18.7 Å². The maximum Gasteiger partial charge on any atom is 0.416 e. The number of anilines is 2. The monoisotopic (exact) mass is 350 g/mol. The molecule has 0 aliphatic heterocycles. The van der Waals surface area contributed by atoms with E-state index in [4.69, 9.17) is 4.74 Å². The average Bonchev–Trinajstić information content (AvgIpc) is 2.59. The summed E-state index contributed by atoms with van der Waals surface area (Å²) in [4.78, 5) is 11.9. The molecule has 0 unspecified atom stereocenters. The summed E-state index contributed by atoms with van der Waals surface area (Å²) >= 11 is 0. The molecule has 0 saturated heterocycles. The van der Waals surface area contributed by atoms with Crippen LogP contribution in [0.25, 0.3) is 0 Å². The molecule has 132 valence electrons. The van der Waals surface area contributed by atoms with Crippen molar-refractivity contribution in [1.82, 2.24) is 0 Å². The topological polar surface area (TPSA) is 50.4 Å². The second-order valence-electron chi connectivity index (χ2n) is 5.10. The lowest BCUT2D eigenvalue weighted by Crippen LogP contribution is -2.21. The number of ether oxygens (including phenoxy) is 1. The zero-order chi connectivity index (χ0) is 18.3. The van der Waals surface area contributed by atoms with Crippen LogP contribution in [0, 0.1) is 0 Å². The maximum absolute atomic E-state index is 12.6. The van der Waals surface area contributed by atoms with Crippen molar-refractivity contribution in [2.24, 2.45) is 0 Å². The van der Waals surface area contributed by atoms with Gasteiger partial charge >= 0.3 is 6.18 Å². The van der Waals surface area contributed by atoms with Crippen molar-refractivity contribution in [3.05, 3.63) is 66.7 Å². The van der Waals surface area contributed by atoms with Gasteiger partial charge in [0.2, 0.25) is 5.91 Å². The summed E-state index contributed by atoms with van der Waals surface area (Å²) in [5.74, 6) is 0.261. The Hall–Kier alpha value is -2.96. The summed E-state index contributed by atoms with van der Waals surface area (Å²) < 4.78 is 43.2. The molecule has 2 aromatic carbocycles. The fraction of sp³-hybridized carbons (Fsp3) is 0.167. The molecular formula is C18H17F3N2O2. The molecule has 0 saturated carbocycles. The van der Waals surface area contributed by atoms with E-state index in [0.29, 0.717) is 18.0 Å². The molecule has 1 amide bonds. The first-order valence-electron chi connectivity index (χ1n) is 7.43. The van der Waals surface area contributed by atoms with Gasteiger partial charge in [0.1, 0.15) is 12.4 Å². The number of rotatable bonds is 7. The van der Waals surface area contributed by atoms with Crippen molar-refractivity contribution in [1.29, 1.82) is 0 Å². The van der Waals surface area contributed by atoms with Gasteiger partial charge in [-0.2, -0.15) is 13.2 Å². The summed E-state index contributed by atoms with van der Waals surface area (Å²) in [7, 11) is 0. The molecule has 25 heavy (non-hydrogen) atoms. The standard InChI is InChI=1S/C18H17F3N2O2/c1-2-10-25-16-8-6-14(7-9-16)23-17(24)12-22-15-5-3-4-13(11-15)18(19,20)21/h2-9,11,22H,1,10,12H2,(H,23,24). The third kappa shape index (κ3) is 5.87. The van der Waals surface area contributed by atoms with Crippen LogP contribution in [0.1, 0.15) is 5.56 Å². The summed E-state index contributed by atoms with van der Waals surface area (Å²) in [6.45, 7) is 3.77. The number of benzene rings is 2. The van der Waals surface area contributed by atoms with Gasteiger partial charge in [-0.3, -0.25) is 4.79 Å². The van der Waals surface area contributed by atoms with E-state index in [1.54, 1.807) is 30.3 Å². The van der Waals surface area contributed by atoms with Crippen molar-refractivity contribution >= 4 is 17.3 Å². The van der Waals surface area contributed by atoms with Crippen LogP contribution in [-0.2, 0) is 11.0 Å². The number of halogens is 3. The van der Waals surface area contributed by atoms with Gasteiger partial charge in [0.15, 0.2) is 0 Å². The molecular weight excluding hydrogens is 333 g/mol. The number of amides is 1. The van der Waals surface area contributed by atoms with Crippen LogP contribution in [0.2, 0.25) is 0 Å². The van der Waals surface area contributed by atoms with Gasteiger partial charge in [-0.05, 0) is 42.5 Å². The Morgan fingerprint density at radius 2 is 1.84 bits per heavy atom. The van der Waals surface area contributed by atoms with Gasteiger partial charge in [0, 0.05) is 11.4 Å². The lowest BCUT2D eigenvalue weighted by molar-refractivity contribution is -0.137. The number of nitrogens with one attached hydrogen (secondary N) is 2. The fourth-order valence-electron chi connectivity index (χ4n) is 1.98. The van der Waals surface area contributed by atoms with Gasteiger partial charge in [0.05, 0.1) is 12.1 Å². The second kappa shape index (κ2) is 8.23. The minimum absolute atomic E-state index is 0.157. The molecule has 0 aliphatic rings. The Morgan fingerprint density at radius 3 is 2.48 bits per heavy atom. The average molecular weight is 350 g/mol. The van der Waals surface area contributed by atoms with Crippen LogP contribution in [0.4, 0.5) is 24.5 Å². The Morgan fingerprint density at radius 1 is 1.12 bits per heavy atom. The highest BCUT2D eigenvalue weighted by molar-refractivity contribution is 5.93. The van der Waals surface area contributed by atoms with E-state index in [1.165, 1.54) is 12.1 Å². The zero-order valence-corrected chi connectivity index (χ0v) is 13.3. The fourth-order valence-corrected chi connectivity index (χ4v) is 1.98. The molecule has 0 fully saturated rings. The molecule has 0 atom stereocenters. The number of hydrogen-bond donors (Lipinski definition) is 2. The molecule has 2 rings (SSSR count). The Bertz CT molecular complexity index is 728. The molecule has 0 spiro atoms. The molecule has 2 aromatic rings. The first-order valence-corrected chi connectivity index (χ1v) is 7.43. The third-order valence-corrected chi connectivity index (χ3v) is 3.15. The third-order valence-electron chi connectivity index (χ3n) is 3.15.